The van der Waals surface area contributed by atoms with Crippen molar-refractivity contribution >= 4 is 27.3 Å². The zero-order chi connectivity index (χ0) is 16.1. The van der Waals surface area contributed by atoms with Crippen molar-refractivity contribution in [3.05, 3.63) is 79.0 Å². The fourth-order valence-corrected chi connectivity index (χ4v) is 3.40. The Balaban J connectivity index is 1.98. The van der Waals surface area contributed by atoms with Crippen LogP contribution in [0.25, 0.3) is 38.6 Å². The van der Waals surface area contributed by atoms with Crippen molar-refractivity contribution in [3.63, 3.8) is 0 Å². The molecule has 2 heterocycles. The highest BCUT2D eigenvalue weighted by Gasteiger charge is 2.13. The molecule has 5 rings (SSSR count). The second-order valence-corrected chi connectivity index (χ2v) is 5.90. The summed E-state index contributed by atoms with van der Waals surface area (Å²) in [6, 6.07) is 24.0. The highest BCUT2D eigenvalue weighted by Crippen LogP contribution is 2.33. The van der Waals surface area contributed by atoms with E-state index in [0.717, 1.165) is 27.8 Å². The maximum atomic E-state index is 10.2. The van der Waals surface area contributed by atoms with Gasteiger partial charge in [-0.2, -0.15) is 0 Å². The van der Waals surface area contributed by atoms with Gasteiger partial charge in [0.2, 0.25) is 0 Å². The summed E-state index contributed by atoms with van der Waals surface area (Å²) >= 11 is 0. The number of benzene rings is 3. The molecule has 5 aromatic rings. The molecule has 0 amide bonds. The van der Waals surface area contributed by atoms with Crippen molar-refractivity contribution in [2.24, 2.45) is 0 Å². The molecule has 0 saturated carbocycles. The average molecular weight is 310 g/mol. The van der Waals surface area contributed by atoms with Gasteiger partial charge in [-0.25, -0.2) is 4.98 Å². The van der Waals surface area contributed by atoms with Gasteiger partial charge in [-0.05, 0) is 23.6 Å². The van der Waals surface area contributed by atoms with E-state index in [2.05, 4.69) is 40.8 Å². The summed E-state index contributed by atoms with van der Waals surface area (Å²) in [5.41, 5.74) is 3.53. The smallest absolute Gasteiger partial charge is 0.145 e. The first-order valence-corrected chi connectivity index (χ1v) is 7.90. The Bertz CT molecular complexity index is 1150. The number of imidazole rings is 1. The summed E-state index contributed by atoms with van der Waals surface area (Å²) in [5, 5.41) is 13.7. The van der Waals surface area contributed by atoms with Crippen LogP contribution in [0.5, 0.6) is 5.75 Å². The molecule has 0 bridgehead atoms. The number of pyridine rings is 1. The molecule has 0 spiro atoms. The molecule has 1 N–H and O–H groups in total. The molecule has 2 aromatic heterocycles. The van der Waals surface area contributed by atoms with Crippen molar-refractivity contribution in [3.8, 4) is 17.0 Å². The number of aromatic nitrogens is 2. The van der Waals surface area contributed by atoms with Gasteiger partial charge >= 0.3 is 0 Å². The van der Waals surface area contributed by atoms with Crippen LogP contribution in [0, 0.1) is 0 Å². The minimum Gasteiger partial charge on any atom is -0.507 e. The first kappa shape index (κ1) is 13.1. The topological polar surface area (TPSA) is 37.5 Å². The SMILES string of the molecule is Oc1ccccc1-c1cn2c3ccccc3c3ccccc3c2n1. The lowest BCUT2D eigenvalue weighted by Crippen LogP contribution is -1.89. The maximum Gasteiger partial charge on any atom is 0.145 e. The third-order valence-electron chi connectivity index (χ3n) is 4.51. The molecule has 3 nitrogen and oxygen atoms in total. The Morgan fingerprint density at radius 1 is 0.708 bits per heavy atom. The summed E-state index contributed by atoms with van der Waals surface area (Å²) in [4.78, 5) is 4.83. The molecule has 0 radical (unpaired) electrons. The number of hydrogen-bond donors (Lipinski definition) is 1. The number of phenols is 1. The molecule has 0 saturated heterocycles. The number of nitrogens with zero attached hydrogens (tertiary/aromatic N) is 2. The Morgan fingerprint density at radius 2 is 1.38 bits per heavy atom. The van der Waals surface area contributed by atoms with Crippen LogP contribution in [0.15, 0.2) is 79.0 Å². The molecule has 0 atom stereocenters. The molecule has 0 aliphatic heterocycles. The van der Waals surface area contributed by atoms with Crippen molar-refractivity contribution in [2.75, 3.05) is 0 Å². The Morgan fingerprint density at radius 3 is 2.21 bits per heavy atom. The predicted molar refractivity (Wildman–Crippen MR) is 97.3 cm³/mol. The molecule has 0 unspecified atom stereocenters. The maximum absolute atomic E-state index is 10.2. The number of fused-ring (bicyclic) bond motifs is 6. The minimum atomic E-state index is 0.245. The quantitative estimate of drug-likeness (QED) is 0.442. The third-order valence-corrected chi connectivity index (χ3v) is 4.51. The third kappa shape index (κ3) is 1.75. The molecule has 3 heteroatoms. The predicted octanol–water partition coefficient (Wildman–Crippen LogP) is 5.01. The van der Waals surface area contributed by atoms with Gasteiger partial charge in [0.1, 0.15) is 11.4 Å². The van der Waals surface area contributed by atoms with Crippen molar-refractivity contribution in [2.45, 2.75) is 0 Å². The number of para-hydroxylation sites is 2. The van der Waals surface area contributed by atoms with E-state index in [1.807, 2.05) is 36.5 Å². The van der Waals surface area contributed by atoms with Crippen LogP contribution in [0.4, 0.5) is 0 Å². The highest BCUT2D eigenvalue weighted by atomic mass is 16.3. The molecule has 114 valence electrons. The van der Waals surface area contributed by atoms with E-state index < -0.39 is 0 Å². The molecule has 0 aliphatic carbocycles. The van der Waals surface area contributed by atoms with Gasteiger partial charge in [0, 0.05) is 22.5 Å². The first-order chi connectivity index (χ1) is 11.8. The van der Waals surface area contributed by atoms with Crippen LogP contribution in [-0.2, 0) is 0 Å². The number of aromatic hydroxyl groups is 1. The van der Waals surface area contributed by atoms with E-state index in [4.69, 9.17) is 4.98 Å². The lowest BCUT2D eigenvalue weighted by atomic mass is 10.1. The van der Waals surface area contributed by atoms with Crippen LogP contribution in [0.1, 0.15) is 0 Å². The van der Waals surface area contributed by atoms with Gasteiger partial charge in [0.15, 0.2) is 0 Å². The van der Waals surface area contributed by atoms with Crippen molar-refractivity contribution < 1.29 is 5.11 Å². The Hall–Kier alpha value is -3.33. The minimum absolute atomic E-state index is 0.245. The molecule has 3 aromatic carbocycles. The monoisotopic (exact) mass is 310 g/mol. The van der Waals surface area contributed by atoms with Crippen molar-refractivity contribution in [1.82, 2.24) is 9.38 Å². The summed E-state index contributed by atoms with van der Waals surface area (Å²) in [7, 11) is 0. The largest absolute Gasteiger partial charge is 0.507 e. The number of hydrogen-bond acceptors (Lipinski definition) is 2. The van der Waals surface area contributed by atoms with Crippen LogP contribution in [-0.4, -0.2) is 14.5 Å². The normalized spacial score (nSPS) is 11.5. The zero-order valence-electron chi connectivity index (χ0n) is 12.8. The van der Waals surface area contributed by atoms with E-state index in [1.54, 1.807) is 6.07 Å². The van der Waals surface area contributed by atoms with E-state index >= 15 is 0 Å². The van der Waals surface area contributed by atoms with Gasteiger partial charge in [0.05, 0.1) is 11.2 Å². The highest BCUT2D eigenvalue weighted by molar-refractivity contribution is 6.11. The van der Waals surface area contributed by atoms with E-state index in [9.17, 15) is 5.11 Å². The van der Waals surface area contributed by atoms with Gasteiger partial charge in [0.25, 0.3) is 0 Å². The second-order valence-electron chi connectivity index (χ2n) is 5.90. The molecule has 0 fully saturated rings. The molecular weight excluding hydrogens is 296 g/mol. The zero-order valence-corrected chi connectivity index (χ0v) is 12.8. The van der Waals surface area contributed by atoms with Crippen molar-refractivity contribution in [1.29, 1.82) is 0 Å². The lowest BCUT2D eigenvalue weighted by Gasteiger charge is -2.07. The molecule has 24 heavy (non-hydrogen) atoms. The van der Waals surface area contributed by atoms with Crippen LogP contribution < -0.4 is 0 Å². The molecule has 0 aliphatic rings. The lowest BCUT2D eigenvalue weighted by molar-refractivity contribution is 0.477. The van der Waals surface area contributed by atoms with Gasteiger partial charge < -0.3 is 5.11 Å². The van der Waals surface area contributed by atoms with Crippen LogP contribution in [0.3, 0.4) is 0 Å². The summed E-state index contributed by atoms with van der Waals surface area (Å²) in [6.45, 7) is 0. The van der Waals surface area contributed by atoms with Crippen LogP contribution in [0.2, 0.25) is 0 Å². The van der Waals surface area contributed by atoms with Gasteiger partial charge in [-0.3, -0.25) is 4.40 Å². The van der Waals surface area contributed by atoms with E-state index in [0.29, 0.717) is 0 Å². The summed E-state index contributed by atoms with van der Waals surface area (Å²) < 4.78 is 2.11. The number of phenolic OH excluding ortho intramolecular Hbond substituents is 1. The summed E-state index contributed by atoms with van der Waals surface area (Å²) in [5.74, 6) is 0.245. The van der Waals surface area contributed by atoms with Gasteiger partial charge in [-0.1, -0.05) is 54.6 Å². The van der Waals surface area contributed by atoms with Crippen LogP contribution >= 0.6 is 0 Å². The average Bonchev–Trinajstić information content (AvgIpc) is 3.08. The molecular formula is C21H14N2O. The Labute approximate surface area is 138 Å². The summed E-state index contributed by atoms with van der Waals surface area (Å²) in [6.07, 6.45) is 2.00. The second kappa shape index (κ2) is 4.83. The van der Waals surface area contributed by atoms with Gasteiger partial charge in [-0.15, -0.1) is 0 Å². The van der Waals surface area contributed by atoms with E-state index in [-0.39, 0.29) is 5.75 Å². The number of rotatable bonds is 1. The fraction of sp³-hybridized carbons (Fsp3) is 0. The fourth-order valence-electron chi connectivity index (χ4n) is 3.40. The van der Waals surface area contributed by atoms with E-state index in [1.165, 1.54) is 10.8 Å². The first-order valence-electron chi connectivity index (χ1n) is 7.90. The standard InChI is InChI=1S/C21H14N2O/c24-20-12-6-4-10-17(20)18-13-23-19-11-5-3-8-15(19)14-7-1-2-9-16(14)21(23)22-18/h1-13,24H. The Kier molecular flexibility index (Phi) is 2.65.